The lowest BCUT2D eigenvalue weighted by Crippen LogP contribution is -2.19. The molecule has 1 aliphatic carbocycles. The van der Waals surface area contributed by atoms with E-state index in [1.165, 1.54) is 18.6 Å². The Balaban J connectivity index is 1.75. The summed E-state index contributed by atoms with van der Waals surface area (Å²) in [5.74, 6) is 4.54. The zero-order valence-electron chi connectivity index (χ0n) is 10.6. The van der Waals surface area contributed by atoms with E-state index < -0.39 is 0 Å². The monoisotopic (exact) mass is 221 g/mol. The van der Waals surface area contributed by atoms with Crippen molar-refractivity contribution in [1.29, 1.82) is 0 Å². The van der Waals surface area contributed by atoms with Gasteiger partial charge in [-0.1, -0.05) is 27.2 Å². The molecule has 0 radical (unpaired) electrons. The van der Waals surface area contributed by atoms with Crippen LogP contribution in [-0.2, 0) is 6.54 Å². The van der Waals surface area contributed by atoms with Gasteiger partial charge in [-0.3, -0.25) is 0 Å². The molecule has 3 atom stereocenters. The van der Waals surface area contributed by atoms with Gasteiger partial charge in [0.05, 0.1) is 6.54 Å². The molecular weight excluding hydrogens is 198 g/mol. The van der Waals surface area contributed by atoms with E-state index in [-0.39, 0.29) is 0 Å². The Labute approximate surface area is 98.4 Å². The van der Waals surface area contributed by atoms with Gasteiger partial charge in [-0.05, 0) is 36.9 Å². The molecule has 1 aromatic rings. The molecule has 2 rings (SSSR count). The van der Waals surface area contributed by atoms with Crippen molar-refractivity contribution in [3.8, 4) is 0 Å². The highest BCUT2D eigenvalue weighted by molar-refractivity contribution is 5.17. The predicted molar refractivity (Wildman–Crippen MR) is 66.4 cm³/mol. The molecule has 1 saturated carbocycles. The minimum absolute atomic E-state index is 0.698. The second kappa shape index (κ2) is 5.05. The van der Waals surface area contributed by atoms with E-state index in [2.05, 4.69) is 38.2 Å². The van der Waals surface area contributed by atoms with Crippen molar-refractivity contribution in [3.63, 3.8) is 0 Å². The average molecular weight is 221 g/mol. The van der Waals surface area contributed by atoms with Crippen LogP contribution >= 0.6 is 0 Å². The Bertz CT molecular complexity index is 331. The number of furan rings is 1. The molecule has 90 valence electrons. The normalized spacial score (nSPS) is 25.7. The second-order valence-electron chi connectivity index (χ2n) is 5.27. The first-order valence-electron chi connectivity index (χ1n) is 6.50. The van der Waals surface area contributed by atoms with Gasteiger partial charge in [0.25, 0.3) is 0 Å². The minimum atomic E-state index is 0.698. The minimum Gasteiger partial charge on any atom is -0.464 e. The van der Waals surface area contributed by atoms with Gasteiger partial charge < -0.3 is 9.73 Å². The smallest absolute Gasteiger partial charge is 0.117 e. The number of nitrogens with one attached hydrogen (secondary N) is 1. The van der Waals surface area contributed by atoms with Crippen molar-refractivity contribution in [2.24, 2.45) is 11.8 Å². The van der Waals surface area contributed by atoms with Crippen molar-refractivity contribution in [3.05, 3.63) is 23.7 Å². The number of hydrogen-bond donors (Lipinski definition) is 1. The van der Waals surface area contributed by atoms with Crippen molar-refractivity contribution >= 4 is 0 Å². The molecule has 1 heterocycles. The summed E-state index contributed by atoms with van der Waals surface area (Å²) in [6, 6.07) is 4.26. The summed E-state index contributed by atoms with van der Waals surface area (Å²) in [5.41, 5.74) is 0. The summed E-state index contributed by atoms with van der Waals surface area (Å²) in [5, 5.41) is 3.44. The predicted octanol–water partition coefficient (Wildman–Crippen LogP) is 3.54. The molecule has 0 amide bonds. The highest BCUT2D eigenvalue weighted by atomic mass is 16.3. The third-order valence-corrected chi connectivity index (χ3v) is 3.65. The Hall–Kier alpha value is -0.760. The number of rotatable bonds is 6. The van der Waals surface area contributed by atoms with Crippen LogP contribution in [-0.4, -0.2) is 6.54 Å². The van der Waals surface area contributed by atoms with E-state index in [1.54, 1.807) is 0 Å². The first-order valence-corrected chi connectivity index (χ1v) is 6.50. The molecular formula is C14H23NO. The molecule has 1 fully saturated rings. The summed E-state index contributed by atoms with van der Waals surface area (Å²) < 4.78 is 5.83. The topological polar surface area (TPSA) is 25.2 Å². The zero-order chi connectivity index (χ0) is 11.5. The Morgan fingerprint density at radius 3 is 2.88 bits per heavy atom. The summed E-state index contributed by atoms with van der Waals surface area (Å²) in [6.45, 7) is 8.73. The van der Waals surface area contributed by atoms with Crippen molar-refractivity contribution in [2.45, 2.75) is 46.1 Å². The molecule has 1 aliphatic rings. The molecule has 16 heavy (non-hydrogen) atoms. The largest absolute Gasteiger partial charge is 0.464 e. The van der Waals surface area contributed by atoms with Crippen molar-refractivity contribution in [1.82, 2.24) is 5.32 Å². The van der Waals surface area contributed by atoms with Gasteiger partial charge in [0, 0.05) is 5.92 Å². The van der Waals surface area contributed by atoms with Crippen LogP contribution in [0.5, 0.6) is 0 Å². The molecule has 0 aliphatic heterocycles. The van der Waals surface area contributed by atoms with E-state index in [9.17, 15) is 0 Å². The third kappa shape index (κ3) is 2.88. The quantitative estimate of drug-likeness (QED) is 0.795. The summed E-state index contributed by atoms with van der Waals surface area (Å²) in [7, 11) is 0. The van der Waals surface area contributed by atoms with Gasteiger partial charge >= 0.3 is 0 Å². The summed E-state index contributed by atoms with van der Waals surface area (Å²) in [6.07, 6.45) is 2.53. The van der Waals surface area contributed by atoms with Crippen LogP contribution in [0, 0.1) is 11.8 Å². The SMILES string of the molecule is CCC(C)CNCc1ccc(C2CC2C)o1. The maximum absolute atomic E-state index is 5.83. The van der Waals surface area contributed by atoms with Crippen LogP contribution in [0.2, 0.25) is 0 Å². The highest BCUT2D eigenvalue weighted by Gasteiger charge is 2.36. The fraction of sp³-hybridized carbons (Fsp3) is 0.714. The molecule has 0 spiro atoms. The summed E-state index contributed by atoms with van der Waals surface area (Å²) >= 11 is 0. The maximum atomic E-state index is 5.83. The first kappa shape index (κ1) is 11.7. The molecule has 1 N–H and O–H groups in total. The van der Waals surface area contributed by atoms with Crippen LogP contribution in [0.4, 0.5) is 0 Å². The van der Waals surface area contributed by atoms with Gasteiger partial charge in [0.15, 0.2) is 0 Å². The summed E-state index contributed by atoms with van der Waals surface area (Å²) in [4.78, 5) is 0. The Morgan fingerprint density at radius 1 is 1.50 bits per heavy atom. The molecule has 0 bridgehead atoms. The fourth-order valence-corrected chi connectivity index (χ4v) is 1.99. The average Bonchev–Trinajstić information content (AvgIpc) is 2.82. The van der Waals surface area contributed by atoms with Crippen LogP contribution in [0.1, 0.15) is 51.1 Å². The Kier molecular flexibility index (Phi) is 3.70. The van der Waals surface area contributed by atoms with E-state index in [0.717, 1.165) is 30.7 Å². The second-order valence-corrected chi connectivity index (χ2v) is 5.27. The first-order chi connectivity index (χ1) is 7.70. The van der Waals surface area contributed by atoms with Gasteiger partial charge in [-0.2, -0.15) is 0 Å². The zero-order valence-corrected chi connectivity index (χ0v) is 10.6. The van der Waals surface area contributed by atoms with E-state index in [1.807, 2.05) is 0 Å². The van der Waals surface area contributed by atoms with Crippen molar-refractivity contribution in [2.75, 3.05) is 6.54 Å². The van der Waals surface area contributed by atoms with Crippen molar-refractivity contribution < 1.29 is 4.42 Å². The standard InChI is InChI=1S/C14H23NO/c1-4-10(2)8-15-9-12-5-6-14(16-12)13-7-11(13)3/h5-6,10-11,13,15H,4,7-9H2,1-3H3. The van der Waals surface area contributed by atoms with Crippen LogP contribution in [0.3, 0.4) is 0 Å². The van der Waals surface area contributed by atoms with Gasteiger partial charge in [-0.15, -0.1) is 0 Å². The molecule has 3 unspecified atom stereocenters. The lowest BCUT2D eigenvalue weighted by molar-refractivity contribution is 0.426. The van der Waals surface area contributed by atoms with E-state index >= 15 is 0 Å². The van der Waals surface area contributed by atoms with Gasteiger partial charge in [0.2, 0.25) is 0 Å². The highest BCUT2D eigenvalue weighted by Crippen LogP contribution is 2.47. The fourth-order valence-electron chi connectivity index (χ4n) is 1.99. The lowest BCUT2D eigenvalue weighted by Gasteiger charge is -2.08. The molecule has 1 aromatic heterocycles. The maximum Gasteiger partial charge on any atom is 0.117 e. The van der Waals surface area contributed by atoms with Crippen LogP contribution < -0.4 is 5.32 Å². The lowest BCUT2D eigenvalue weighted by atomic mass is 10.1. The van der Waals surface area contributed by atoms with Crippen LogP contribution in [0.15, 0.2) is 16.5 Å². The molecule has 0 saturated heterocycles. The molecule has 2 nitrogen and oxygen atoms in total. The third-order valence-electron chi connectivity index (χ3n) is 3.65. The Morgan fingerprint density at radius 2 is 2.25 bits per heavy atom. The van der Waals surface area contributed by atoms with E-state index in [4.69, 9.17) is 4.42 Å². The van der Waals surface area contributed by atoms with E-state index in [0.29, 0.717) is 5.92 Å². The van der Waals surface area contributed by atoms with Gasteiger partial charge in [0.1, 0.15) is 11.5 Å². The molecule has 2 heteroatoms. The molecule has 0 aromatic carbocycles. The van der Waals surface area contributed by atoms with Crippen LogP contribution in [0.25, 0.3) is 0 Å². The number of hydrogen-bond acceptors (Lipinski definition) is 2. The van der Waals surface area contributed by atoms with Gasteiger partial charge in [-0.25, -0.2) is 0 Å².